The molecule has 8 heteroatoms. The first-order chi connectivity index (χ1) is 14.5. The topological polar surface area (TPSA) is 76.9 Å². The second kappa shape index (κ2) is 8.16. The maximum atomic E-state index is 11.2. The Labute approximate surface area is 180 Å². The van der Waals surface area contributed by atoms with Crippen molar-refractivity contribution < 1.29 is 19.3 Å². The van der Waals surface area contributed by atoms with Crippen LogP contribution in [0.5, 0.6) is 17.2 Å². The lowest BCUT2D eigenvalue weighted by atomic mass is 9.84. The second-order valence-corrected chi connectivity index (χ2v) is 7.70. The number of rotatable bonds is 5. The number of benzene rings is 2. The molecule has 4 rings (SSSR count). The first kappa shape index (κ1) is 20.5. The Bertz CT molecular complexity index is 1050. The molecular weight excluding hydrogens is 406 g/mol. The number of nitrogens with zero attached hydrogens (tertiary/aromatic N) is 3. The van der Waals surface area contributed by atoms with Crippen molar-refractivity contribution >= 4 is 28.3 Å². The predicted octanol–water partition coefficient (Wildman–Crippen LogP) is 3.80. The third kappa shape index (κ3) is 3.48. The third-order valence-corrected chi connectivity index (χ3v) is 5.94. The van der Waals surface area contributed by atoms with Crippen LogP contribution in [-0.2, 0) is 5.60 Å². The molecule has 158 valence electrons. The molecule has 1 saturated heterocycles. The molecule has 0 amide bonds. The van der Waals surface area contributed by atoms with Crippen LogP contribution in [0, 0.1) is 0 Å². The number of aliphatic hydroxyl groups is 1. The summed E-state index contributed by atoms with van der Waals surface area (Å²) in [7, 11) is 4.72. The number of halogens is 1. The summed E-state index contributed by atoms with van der Waals surface area (Å²) < 4.78 is 16.5. The Hall–Kier alpha value is -2.77. The first-order valence-electron chi connectivity index (χ1n) is 9.68. The Morgan fingerprint density at radius 2 is 1.63 bits per heavy atom. The Morgan fingerprint density at radius 1 is 0.967 bits per heavy atom. The van der Waals surface area contributed by atoms with E-state index in [1.807, 2.05) is 30.3 Å². The van der Waals surface area contributed by atoms with Gasteiger partial charge in [-0.1, -0.05) is 23.7 Å². The van der Waals surface area contributed by atoms with Gasteiger partial charge < -0.3 is 24.2 Å². The number of ether oxygens (including phenoxy) is 3. The molecule has 0 unspecified atom stereocenters. The molecule has 0 aliphatic carbocycles. The van der Waals surface area contributed by atoms with Crippen molar-refractivity contribution in [2.24, 2.45) is 0 Å². The summed E-state index contributed by atoms with van der Waals surface area (Å²) in [6, 6.07) is 9.27. The fourth-order valence-electron chi connectivity index (χ4n) is 4.04. The zero-order valence-electron chi connectivity index (χ0n) is 17.2. The van der Waals surface area contributed by atoms with Crippen LogP contribution in [0.3, 0.4) is 0 Å². The van der Waals surface area contributed by atoms with E-state index in [9.17, 15) is 5.11 Å². The number of piperidine rings is 1. The van der Waals surface area contributed by atoms with Gasteiger partial charge in [0.25, 0.3) is 0 Å². The van der Waals surface area contributed by atoms with Gasteiger partial charge >= 0.3 is 0 Å². The highest BCUT2D eigenvalue weighted by molar-refractivity contribution is 6.30. The van der Waals surface area contributed by atoms with Gasteiger partial charge in [0.1, 0.15) is 17.7 Å². The van der Waals surface area contributed by atoms with Crippen molar-refractivity contribution in [2.45, 2.75) is 18.4 Å². The van der Waals surface area contributed by atoms with Gasteiger partial charge in [-0.25, -0.2) is 9.97 Å². The van der Waals surface area contributed by atoms with Gasteiger partial charge in [-0.15, -0.1) is 0 Å². The second-order valence-electron chi connectivity index (χ2n) is 7.26. The van der Waals surface area contributed by atoms with Crippen molar-refractivity contribution in [1.82, 2.24) is 9.97 Å². The molecule has 0 spiro atoms. The summed E-state index contributed by atoms with van der Waals surface area (Å²) in [6.45, 7) is 1.28. The molecule has 0 saturated carbocycles. The number of methoxy groups -OCH3 is 3. The van der Waals surface area contributed by atoms with Gasteiger partial charge in [-0.2, -0.15) is 0 Å². The molecule has 0 radical (unpaired) electrons. The van der Waals surface area contributed by atoms with E-state index < -0.39 is 5.60 Å². The molecule has 1 aliphatic heterocycles. The van der Waals surface area contributed by atoms with Crippen LogP contribution in [0.1, 0.15) is 18.4 Å². The van der Waals surface area contributed by atoms with Gasteiger partial charge in [0.2, 0.25) is 5.75 Å². The van der Waals surface area contributed by atoms with Crippen LogP contribution in [0.15, 0.2) is 36.7 Å². The third-order valence-electron chi connectivity index (χ3n) is 5.68. The molecule has 0 atom stereocenters. The van der Waals surface area contributed by atoms with E-state index in [1.165, 1.54) is 6.33 Å². The molecule has 1 aromatic heterocycles. The maximum absolute atomic E-state index is 11.2. The number of hydrogen-bond donors (Lipinski definition) is 1. The molecule has 1 N–H and O–H groups in total. The van der Waals surface area contributed by atoms with E-state index in [-0.39, 0.29) is 0 Å². The highest BCUT2D eigenvalue weighted by Gasteiger charge is 2.35. The van der Waals surface area contributed by atoms with E-state index >= 15 is 0 Å². The minimum Gasteiger partial charge on any atom is -0.493 e. The van der Waals surface area contributed by atoms with Crippen molar-refractivity contribution in [3.05, 3.63) is 47.2 Å². The number of hydrogen-bond acceptors (Lipinski definition) is 7. The minimum absolute atomic E-state index is 0.493. The summed E-state index contributed by atoms with van der Waals surface area (Å²) in [6.07, 6.45) is 2.67. The van der Waals surface area contributed by atoms with Crippen LogP contribution in [0.25, 0.3) is 10.9 Å². The van der Waals surface area contributed by atoms with Crippen LogP contribution in [0.4, 0.5) is 5.82 Å². The zero-order chi connectivity index (χ0) is 21.3. The van der Waals surface area contributed by atoms with Crippen LogP contribution in [-0.4, -0.2) is 49.5 Å². The molecular formula is C22H24ClN3O4. The van der Waals surface area contributed by atoms with E-state index in [1.54, 1.807) is 21.3 Å². The maximum Gasteiger partial charge on any atom is 0.205 e. The monoisotopic (exact) mass is 429 g/mol. The number of fused-ring (bicyclic) bond motifs is 1. The van der Waals surface area contributed by atoms with Crippen molar-refractivity contribution in [3.63, 3.8) is 0 Å². The Morgan fingerprint density at radius 3 is 2.23 bits per heavy atom. The van der Waals surface area contributed by atoms with Gasteiger partial charge in [-0.3, -0.25) is 0 Å². The number of anilines is 1. The van der Waals surface area contributed by atoms with Crippen molar-refractivity contribution in [1.29, 1.82) is 0 Å². The van der Waals surface area contributed by atoms with Crippen molar-refractivity contribution in [3.8, 4) is 17.2 Å². The van der Waals surface area contributed by atoms with Crippen molar-refractivity contribution in [2.75, 3.05) is 39.3 Å². The van der Waals surface area contributed by atoms with Crippen LogP contribution >= 0.6 is 11.6 Å². The van der Waals surface area contributed by atoms with Gasteiger partial charge in [0.05, 0.1) is 32.3 Å². The number of aromatic nitrogens is 2. The molecule has 2 heterocycles. The standard InChI is InChI=1S/C22H24ClN3O4/c1-28-17-12-16-18(20(30-3)19(17)29-2)24-13-25-21(16)26-10-8-22(27,9-11-26)14-4-6-15(23)7-5-14/h4-7,12-13,27H,8-11H2,1-3H3. The predicted molar refractivity (Wildman–Crippen MR) is 116 cm³/mol. The highest BCUT2D eigenvalue weighted by atomic mass is 35.5. The van der Waals surface area contributed by atoms with Crippen LogP contribution < -0.4 is 19.1 Å². The molecule has 3 aromatic rings. The van der Waals surface area contributed by atoms with Gasteiger partial charge in [0, 0.05) is 18.1 Å². The fraction of sp³-hybridized carbons (Fsp3) is 0.364. The van der Waals surface area contributed by atoms with Gasteiger partial charge in [0.15, 0.2) is 11.5 Å². The lowest BCUT2D eigenvalue weighted by Crippen LogP contribution is -2.43. The SMILES string of the molecule is COc1cc2c(N3CCC(O)(c4ccc(Cl)cc4)CC3)ncnc2c(OC)c1OC. The highest BCUT2D eigenvalue weighted by Crippen LogP contribution is 2.45. The fourth-order valence-corrected chi connectivity index (χ4v) is 4.17. The minimum atomic E-state index is -0.886. The molecule has 1 fully saturated rings. The average Bonchev–Trinajstić information content (AvgIpc) is 2.78. The summed E-state index contributed by atoms with van der Waals surface area (Å²) >= 11 is 5.99. The Kier molecular flexibility index (Phi) is 5.58. The first-order valence-corrected chi connectivity index (χ1v) is 10.1. The van der Waals surface area contributed by atoms with Gasteiger partial charge in [-0.05, 0) is 36.6 Å². The van der Waals surface area contributed by atoms with E-state index in [2.05, 4.69) is 14.9 Å². The molecule has 7 nitrogen and oxygen atoms in total. The molecule has 0 bridgehead atoms. The molecule has 2 aromatic carbocycles. The zero-order valence-corrected chi connectivity index (χ0v) is 17.9. The lowest BCUT2D eigenvalue weighted by Gasteiger charge is -2.39. The smallest absolute Gasteiger partial charge is 0.205 e. The summed E-state index contributed by atoms with van der Waals surface area (Å²) in [5.74, 6) is 2.32. The summed E-state index contributed by atoms with van der Waals surface area (Å²) in [5, 5.41) is 12.7. The Balaban J connectivity index is 1.68. The quantitative estimate of drug-likeness (QED) is 0.661. The largest absolute Gasteiger partial charge is 0.493 e. The van der Waals surface area contributed by atoms with E-state index in [0.717, 1.165) is 16.8 Å². The normalized spacial score (nSPS) is 15.8. The average molecular weight is 430 g/mol. The van der Waals surface area contributed by atoms with Crippen LogP contribution in [0.2, 0.25) is 5.02 Å². The summed E-state index contributed by atoms with van der Waals surface area (Å²) in [5.41, 5.74) is 0.647. The lowest BCUT2D eigenvalue weighted by molar-refractivity contribution is 0.0117. The van der Waals surface area contributed by atoms with E-state index in [4.69, 9.17) is 25.8 Å². The summed E-state index contributed by atoms with van der Waals surface area (Å²) in [4.78, 5) is 11.1. The molecule has 1 aliphatic rings. The molecule has 30 heavy (non-hydrogen) atoms. The van der Waals surface area contributed by atoms with E-state index in [0.29, 0.717) is 53.7 Å².